The summed E-state index contributed by atoms with van der Waals surface area (Å²) in [6, 6.07) is 6.75. The molecule has 3 heterocycles. The number of carbonyl (C=O) groups is 3. The molecule has 1 unspecified atom stereocenters. The van der Waals surface area contributed by atoms with Gasteiger partial charge in [0.05, 0.1) is 19.2 Å². The summed E-state index contributed by atoms with van der Waals surface area (Å²) in [7, 11) is 0. The van der Waals surface area contributed by atoms with Crippen LogP contribution in [0.5, 0.6) is 0 Å². The number of amides is 4. The van der Waals surface area contributed by atoms with Crippen LogP contribution in [0, 0.1) is 0 Å². The fourth-order valence-electron chi connectivity index (χ4n) is 4.32. The zero-order valence-corrected chi connectivity index (χ0v) is 17.6. The minimum Gasteiger partial charge on any atom is -0.376 e. The highest BCUT2D eigenvalue weighted by Crippen LogP contribution is 2.30. The minimum absolute atomic E-state index is 0.0346. The molecule has 4 amide bonds. The normalized spacial score (nSPS) is 23.8. The van der Waals surface area contributed by atoms with E-state index in [0.717, 1.165) is 25.0 Å². The molecule has 0 aliphatic carbocycles. The zero-order chi connectivity index (χ0) is 21.1. The van der Waals surface area contributed by atoms with E-state index in [-0.39, 0.29) is 30.5 Å². The van der Waals surface area contributed by atoms with Crippen LogP contribution >= 0.6 is 11.6 Å². The van der Waals surface area contributed by atoms with Crippen LogP contribution in [-0.4, -0.2) is 72.1 Å². The maximum absolute atomic E-state index is 13.0. The lowest BCUT2D eigenvalue weighted by Crippen LogP contribution is -2.56. The molecule has 1 aromatic carbocycles. The highest BCUT2D eigenvalue weighted by Gasteiger charge is 2.52. The van der Waals surface area contributed by atoms with Crippen molar-refractivity contribution in [1.82, 2.24) is 20.4 Å². The van der Waals surface area contributed by atoms with E-state index in [4.69, 9.17) is 16.3 Å². The van der Waals surface area contributed by atoms with E-state index in [2.05, 4.69) is 10.6 Å². The number of piperidine rings is 1. The molecular weight excluding hydrogens is 408 g/mol. The van der Waals surface area contributed by atoms with E-state index in [9.17, 15) is 14.4 Å². The van der Waals surface area contributed by atoms with E-state index < -0.39 is 5.54 Å². The van der Waals surface area contributed by atoms with Crippen molar-refractivity contribution in [3.05, 3.63) is 34.9 Å². The van der Waals surface area contributed by atoms with Gasteiger partial charge in [-0.05, 0) is 43.4 Å². The number of halogens is 1. The maximum Gasteiger partial charge on any atom is 0.325 e. The average molecular weight is 435 g/mol. The molecule has 3 aliphatic heterocycles. The van der Waals surface area contributed by atoms with E-state index in [1.165, 1.54) is 4.90 Å². The van der Waals surface area contributed by atoms with Gasteiger partial charge in [-0.1, -0.05) is 23.7 Å². The molecule has 0 bridgehead atoms. The molecule has 3 fully saturated rings. The Bertz CT molecular complexity index is 802. The SMILES string of the molecule is O=C(CN1CCC2(CC1)NC(=O)N(Cc1ccc(Cl)cc1)C2=O)NCC1CCCO1. The summed E-state index contributed by atoms with van der Waals surface area (Å²) in [5, 5.41) is 6.44. The minimum atomic E-state index is -0.867. The molecule has 0 saturated carbocycles. The summed E-state index contributed by atoms with van der Waals surface area (Å²) in [6.07, 6.45) is 3.14. The lowest BCUT2D eigenvalue weighted by atomic mass is 9.87. The Hall–Kier alpha value is -2.16. The highest BCUT2D eigenvalue weighted by atomic mass is 35.5. The first kappa shape index (κ1) is 21.1. The Balaban J connectivity index is 1.28. The number of likely N-dealkylation sites (tertiary alicyclic amines) is 1. The summed E-state index contributed by atoms with van der Waals surface area (Å²) in [4.78, 5) is 41.0. The van der Waals surface area contributed by atoms with Gasteiger partial charge in [-0.25, -0.2) is 4.79 Å². The van der Waals surface area contributed by atoms with Gasteiger partial charge < -0.3 is 15.4 Å². The van der Waals surface area contributed by atoms with Crippen LogP contribution in [0.1, 0.15) is 31.2 Å². The molecule has 1 aromatic rings. The molecule has 3 aliphatic rings. The third kappa shape index (κ3) is 4.61. The molecule has 162 valence electrons. The maximum atomic E-state index is 13.0. The lowest BCUT2D eigenvalue weighted by Gasteiger charge is -2.37. The number of hydrogen-bond donors (Lipinski definition) is 2. The Morgan fingerprint density at radius 1 is 1.23 bits per heavy atom. The number of imide groups is 1. The topological polar surface area (TPSA) is 91.0 Å². The molecule has 30 heavy (non-hydrogen) atoms. The van der Waals surface area contributed by atoms with Crippen molar-refractivity contribution in [1.29, 1.82) is 0 Å². The Morgan fingerprint density at radius 3 is 2.63 bits per heavy atom. The first-order valence-electron chi connectivity index (χ1n) is 10.4. The van der Waals surface area contributed by atoms with Crippen LogP contribution in [0.3, 0.4) is 0 Å². The fraction of sp³-hybridized carbons (Fsp3) is 0.571. The number of carbonyl (C=O) groups excluding carboxylic acids is 3. The van der Waals surface area contributed by atoms with Crippen molar-refractivity contribution in [2.75, 3.05) is 32.8 Å². The van der Waals surface area contributed by atoms with Gasteiger partial charge in [0, 0.05) is 31.3 Å². The van der Waals surface area contributed by atoms with Gasteiger partial charge in [-0.2, -0.15) is 0 Å². The van der Waals surface area contributed by atoms with Crippen molar-refractivity contribution in [3.8, 4) is 0 Å². The number of benzene rings is 1. The molecule has 9 heteroatoms. The van der Waals surface area contributed by atoms with Crippen LogP contribution in [0.4, 0.5) is 4.79 Å². The molecule has 2 N–H and O–H groups in total. The highest BCUT2D eigenvalue weighted by molar-refractivity contribution is 6.30. The lowest BCUT2D eigenvalue weighted by molar-refractivity contribution is -0.133. The Morgan fingerprint density at radius 2 is 1.97 bits per heavy atom. The smallest absolute Gasteiger partial charge is 0.325 e. The number of urea groups is 1. The first-order valence-corrected chi connectivity index (χ1v) is 10.8. The molecule has 4 rings (SSSR count). The van der Waals surface area contributed by atoms with Gasteiger partial charge in [-0.3, -0.25) is 19.4 Å². The number of nitrogens with one attached hydrogen (secondary N) is 2. The van der Waals surface area contributed by atoms with Crippen LogP contribution in [0.25, 0.3) is 0 Å². The number of hydrogen-bond acceptors (Lipinski definition) is 5. The second-order valence-corrected chi connectivity index (χ2v) is 8.68. The Kier molecular flexibility index (Phi) is 6.26. The van der Waals surface area contributed by atoms with Crippen LogP contribution in [0.15, 0.2) is 24.3 Å². The first-order chi connectivity index (χ1) is 14.4. The quantitative estimate of drug-likeness (QED) is 0.662. The van der Waals surface area contributed by atoms with Gasteiger partial charge in [0.2, 0.25) is 5.91 Å². The van der Waals surface area contributed by atoms with Gasteiger partial charge in [0.25, 0.3) is 5.91 Å². The van der Waals surface area contributed by atoms with Crippen molar-refractivity contribution < 1.29 is 19.1 Å². The average Bonchev–Trinajstić information content (AvgIpc) is 3.33. The van der Waals surface area contributed by atoms with Crippen LogP contribution in [0.2, 0.25) is 5.02 Å². The molecular formula is C21H27ClN4O4. The van der Waals surface area contributed by atoms with E-state index in [1.54, 1.807) is 12.1 Å². The molecule has 1 atom stereocenters. The third-order valence-corrected chi connectivity index (χ3v) is 6.38. The number of rotatable bonds is 6. The van der Waals surface area contributed by atoms with Gasteiger partial charge in [0.1, 0.15) is 5.54 Å². The summed E-state index contributed by atoms with van der Waals surface area (Å²) in [6.45, 7) is 2.98. The number of nitrogens with zero attached hydrogens (tertiary/aromatic N) is 2. The van der Waals surface area contributed by atoms with E-state index >= 15 is 0 Å². The van der Waals surface area contributed by atoms with Crippen molar-refractivity contribution >= 4 is 29.4 Å². The largest absolute Gasteiger partial charge is 0.376 e. The van der Waals surface area contributed by atoms with Gasteiger partial charge in [-0.15, -0.1) is 0 Å². The zero-order valence-electron chi connectivity index (χ0n) is 16.9. The Labute approximate surface area is 180 Å². The second-order valence-electron chi connectivity index (χ2n) is 8.25. The molecule has 3 saturated heterocycles. The van der Waals surface area contributed by atoms with Crippen molar-refractivity contribution in [2.24, 2.45) is 0 Å². The third-order valence-electron chi connectivity index (χ3n) is 6.13. The predicted molar refractivity (Wildman–Crippen MR) is 111 cm³/mol. The van der Waals surface area contributed by atoms with Crippen molar-refractivity contribution in [3.63, 3.8) is 0 Å². The summed E-state index contributed by atoms with van der Waals surface area (Å²) in [5.74, 6) is -0.225. The molecule has 8 nitrogen and oxygen atoms in total. The summed E-state index contributed by atoms with van der Waals surface area (Å²) >= 11 is 5.91. The van der Waals surface area contributed by atoms with Crippen molar-refractivity contribution in [2.45, 2.75) is 43.9 Å². The molecule has 0 aromatic heterocycles. The monoisotopic (exact) mass is 434 g/mol. The van der Waals surface area contributed by atoms with E-state index in [0.29, 0.717) is 44.0 Å². The molecule has 0 radical (unpaired) electrons. The summed E-state index contributed by atoms with van der Waals surface area (Å²) in [5.41, 5.74) is -0.0194. The fourth-order valence-corrected chi connectivity index (χ4v) is 4.44. The van der Waals surface area contributed by atoms with Crippen LogP contribution in [-0.2, 0) is 20.9 Å². The second kappa shape index (κ2) is 8.91. The van der Waals surface area contributed by atoms with Gasteiger partial charge >= 0.3 is 6.03 Å². The van der Waals surface area contributed by atoms with Gasteiger partial charge in [0.15, 0.2) is 0 Å². The summed E-state index contributed by atoms with van der Waals surface area (Å²) < 4.78 is 5.52. The van der Waals surface area contributed by atoms with Crippen LogP contribution < -0.4 is 10.6 Å². The number of ether oxygens (including phenoxy) is 1. The predicted octanol–water partition coefficient (Wildman–Crippen LogP) is 1.52. The standard InChI is InChI=1S/C21H27ClN4O4/c22-16-5-3-15(4-6-16)13-26-19(28)21(24-20(26)29)7-9-25(10-8-21)14-18(27)23-12-17-2-1-11-30-17/h3-6,17H,1-2,7-14H2,(H,23,27)(H,24,29). The molecule has 1 spiro atoms. The van der Waals surface area contributed by atoms with E-state index in [1.807, 2.05) is 17.0 Å².